The minimum atomic E-state index is -2.64. The molecule has 0 unspecified atom stereocenters. The Morgan fingerprint density at radius 3 is 2.53 bits per heavy atom. The quantitative estimate of drug-likeness (QED) is 0.296. The number of carbonyl (C=O) groups is 3. The first-order valence-corrected chi connectivity index (χ1v) is 12.6. The minimum Gasteiger partial charge on any atom is -0.497 e. The molecule has 0 saturated carbocycles. The van der Waals surface area contributed by atoms with Gasteiger partial charge >= 0.3 is 0 Å². The van der Waals surface area contributed by atoms with Gasteiger partial charge in [-0.05, 0) is 58.2 Å². The molecule has 0 aliphatic carbocycles. The highest BCUT2D eigenvalue weighted by Crippen LogP contribution is 2.58. The maximum Gasteiger partial charge on any atom is 0.279 e. The number of methoxy groups -OCH3 is 1. The summed E-state index contributed by atoms with van der Waals surface area (Å²) in [5.41, 5.74) is -4.31. The van der Waals surface area contributed by atoms with E-state index in [0.29, 0.717) is 29.8 Å². The zero-order chi connectivity index (χ0) is 27.8. The molecule has 3 N–H and O–H groups in total. The summed E-state index contributed by atoms with van der Waals surface area (Å²) < 4.78 is 5.38. The second-order valence-corrected chi connectivity index (χ2v) is 11.1. The van der Waals surface area contributed by atoms with E-state index >= 15 is 0 Å². The molecule has 11 heteroatoms. The molecule has 1 spiro atoms. The molecule has 5 rings (SSSR count). The van der Waals surface area contributed by atoms with Gasteiger partial charge in [-0.25, -0.2) is 4.89 Å². The lowest BCUT2D eigenvalue weighted by molar-refractivity contribution is -0.297. The van der Waals surface area contributed by atoms with E-state index in [1.54, 1.807) is 52.0 Å². The molecule has 11 nitrogen and oxygen atoms in total. The molecule has 4 aliphatic rings. The van der Waals surface area contributed by atoms with Crippen molar-refractivity contribution >= 4 is 23.4 Å². The number of hydrogen-bond acceptors (Lipinski definition) is 8. The average Bonchev–Trinajstić information content (AvgIpc) is 3.51. The monoisotopic (exact) mass is 527 g/mol. The summed E-state index contributed by atoms with van der Waals surface area (Å²) in [7, 11) is 1.47. The van der Waals surface area contributed by atoms with Crippen LogP contribution in [0.25, 0.3) is 0 Å². The zero-order valence-electron chi connectivity index (χ0n) is 22.0. The fourth-order valence-electron chi connectivity index (χ4n) is 6.31. The van der Waals surface area contributed by atoms with Crippen LogP contribution in [0.4, 0.5) is 5.69 Å². The van der Waals surface area contributed by atoms with Crippen molar-refractivity contribution < 1.29 is 39.5 Å². The normalized spacial score (nSPS) is 32.4. The molecule has 204 valence electrons. The topological polar surface area (TPSA) is 140 Å². The van der Waals surface area contributed by atoms with Crippen LogP contribution < -0.4 is 9.64 Å². The molecular weight excluding hydrogens is 494 g/mol. The van der Waals surface area contributed by atoms with Gasteiger partial charge in [-0.15, -0.1) is 0 Å². The van der Waals surface area contributed by atoms with E-state index in [4.69, 9.17) is 4.74 Å². The molecule has 0 radical (unpaired) electrons. The Morgan fingerprint density at radius 1 is 1.18 bits per heavy atom. The van der Waals surface area contributed by atoms with Gasteiger partial charge in [0.15, 0.2) is 0 Å². The lowest BCUT2D eigenvalue weighted by atomic mass is 9.71. The summed E-state index contributed by atoms with van der Waals surface area (Å²) in [5, 5.41) is 33.2. The Hall–Kier alpha value is -3.25. The van der Waals surface area contributed by atoms with E-state index in [0.717, 1.165) is 10.5 Å². The lowest BCUT2D eigenvalue weighted by Gasteiger charge is -2.45. The third-order valence-electron chi connectivity index (χ3n) is 8.11. The second kappa shape index (κ2) is 8.63. The number of aliphatic hydroxyl groups is 2. The maximum atomic E-state index is 14.5. The van der Waals surface area contributed by atoms with Gasteiger partial charge < -0.3 is 19.8 Å². The van der Waals surface area contributed by atoms with Crippen LogP contribution >= 0.6 is 0 Å². The number of aliphatic hydroxyl groups excluding tert-OH is 1. The molecule has 3 fully saturated rings. The van der Waals surface area contributed by atoms with Crippen molar-refractivity contribution in [2.24, 2.45) is 0 Å². The fraction of sp³-hybridized carbons (Fsp3) is 0.519. The Kier molecular flexibility index (Phi) is 5.99. The Labute approximate surface area is 220 Å². The lowest BCUT2D eigenvalue weighted by Crippen LogP contribution is -2.72. The third kappa shape index (κ3) is 3.25. The second-order valence-electron chi connectivity index (χ2n) is 11.1. The van der Waals surface area contributed by atoms with Crippen molar-refractivity contribution in [1.29, 1.82) is 0 Å². The first kappa shape index (κ1) is 26.4. The van der Waals surface area contributed by atoms with Gasteiger partial charge in [0.1, 0.15) is 28.9 Å². The van der Waals surface area contributed by atoms with Crippen molar-refractivity contribution in [2.45, 2.75) is 75.5 Å². The zero-order valence-corrected chi connectivity index (χ0v) is 22.0. The van der Waals surface area contributed by atoms with Crippen molar-refractivity contribution in [3.05, 3.63) is 47.7 Å². The molecule has 1 aromatic rings. The van der Waals surface area contributed by atoms with Gasteiger partial charge in [0.2, 0.25) is 17.5 Å². The highest BCUT2D eigenvalue weighted by atomic mass is 17.1. The summed E-state index contributed by atoms with van der Waals surface area (Å²) in [4.78, 5) is 50.2. The number of rotatable bonds is 5. The van der Waals surface area contributed by atoms with Gasteiger partial charge in [0.05, 0.1) is 18.8 Å². The highest BCUT2D eigenvalue weighted by Gasteiger charge is 2.79. The van der Waals surface area contributed by atoms with Crippen LogP contribution in [-0.2, 0) is 24.7 Å². The number of nitrogens with zero attached hydrogens (tertiary/aromatic N) is 3. The van der Waals surface area contributed by atoms with Crippen molar-refractivity contribution in [1.82, 2.24) is 9.80 Å². The summed E-state index contributed by atoms with van der Waals surface area (Å²) >= 11 is 0. The molecule has 38 heavy (non-hydrogen) atoms. The van der Waals surface area contributed by atoms with Gasteiger partial charge in [0, 0.05) is 18.8 Å². The number of carbonyl (C=O) groups excluding carboxylic acids is 3. The van der Waals surface area contributed by atoms with Gasteiger partial charge in [0.25, 0.3) is 5.91 Å². The summed E-state index contributed by atoms with van der Waals surface area (Å²) in [6.45, 7) is 7.00. The van der Waals surface area contributed by atoms with Crippen LogP contribution in [0.2, 0.25) is 0 Å². The average molecular weight is 528 g/mol. The summed E-state index contributed by atoms with van der Waals surface area (Å²) in [6.07, 6.45) is 3.57. The number of allylic oxidation sites excluding steroid dienone is 1. The van der Waals surface area contributed by atoms with E-state index in [1.807, 2.05) is 0 Å². The van der Waals surface area contributed by atoms with Crippen molar-refractivity contribution in [3.63, 3.8) is 0 Å². The number of ether oxygens (including phenoxy) is 1. The molecular formula is C27H33N3O8. The standard InChI is InChI=1S/C27H33N3O8/c1-15(2)13-20-26(22(32)27(35)24(34)28-11-6-7-18(28)21(31)30(20)27)17-9-8-16(37-5)14-19(17)29(23(26)33)12-10-25(3,4)38-36/h8-10,12-14,18,20,22,32,35-36H,6-7,11H2,1-5H3/t18-,20-,22-,26-,27+/m0/s1. The Morgan fingerprint density at radius 2 is 1.89 bits per heavy atom. The van der Waals surface area contributed by atoms with E-state index < -0.39 is 52.7 Å². The molecule has 3 amide bonds. The number of benzene rings is 1. The van der Waals surface area contributed by atoms with Crippen LogP contribution in [0.15, 0.2) is 42.1 Å². The highest BCUT2D eigenvalue weighted by molar-refractivity contribution is 6.14. The predicted octanol–water partition coefficient (Wildman–Crippen LogP) is 1.29. The molecule has 4 heterocycles. The van der Waals surface area contributed by atoms with E-state index in [-0.39, 0.29) is 6.54 Å². The number of amides is 3. The number of hydrogen-bond donors (Lipinski definition) is 3. The van der Waals surface area contributed by atoms with Crippen LogP contribution in [0, 0.1) is 0 Å². The summed E-state index contributed by atoms with van der Waals surface area (Å²) in [6, 6.07) is 2.92. The van der Waals surface area contributed by atoms with Gasteiger partial charge in [-0.1, -0.05) is 17.7 Å². The Bertz CT molecular complexity index is 1270. The largest absolute Gasteiger partial charge is 0.497 e. The van der Waals surface area contributed by atoms with Crippen LogP contribution in [0.3, 0.4) is 0 Å². The van der Waals surface area contributed by atoms with Crippen LogP contribution in [0.1, 0.15) is 46.1 Å². The molecule has 0 bridgehead atoms. The molecule has 5 atom stereocenters. The third-order valence-corrected chi connectivity index (χ3v) is 8.11. The molecule has 1 aromatic carbocycles. The van der Waals surface area contributed by atoms with Gasteiger partial charge in [-0.2, -0.15) is 0 Å². The minimum absolute atomic E-state index is 0.283. The predicted molar refractivity (Wildman–Crippen MR) is 135 cm³/mol. The van der Waals surface area contributed by atoms with Crippen LogP contribution in [-0.4, -0.2) is 86.2 Å². The fourth-order valence-corrected chi connectivity index (χ4v) is 6.31. The smallest absolute Gasteiger partial charge is 0.279 e. The van der Waals surface area contributed by atoms with E-state index in [9.17, 15) is 29.9 Å². The first-order valence-electron chi connectivity index (χ1n) is 12.6. The number of piperazine rings is 1. The van der Waals surface area contributed by atoms with E-state index in [1.165, 1.54) is 29.2 Å². The number of fused-ring (bicyclic) bond motifs is 4. The summed E-state index contributed by atoms with van der Waals surface area (Å²) in [5.74, 6) is -1.51. The number of anilines is 1. The van der Waals surface area contributed by atoms with Crippen molar-refractivity contribution in [2.75, 3.05) is 18.6 Å². The SMILES string of the molecule is COc1ccc2c(c1)N(C=CC(C)(C)OO)C(=O)[C@]21[C@H](C=C(C)C)N2C(=O)[C@@H]3CCCN3C(=O)[C@]2(O)[C@H]1O. The van der Waals surface area contributed by atoms with Crippen LogP contribution in [0.5, 0.6) is 5.75 Å². The van der Waals surface area contributed by atoms with Gasteiger partial charge in [-0.3, -0.25) is 29.4 Å². The van der Waals surface area contributed by atoms with E-state index in [2.05, 4.69) is 4.89 Å². The first-order chi connectivity index (χ1) is 17.9. The maximum absolute atomic E-state index is 14.5. The van der Waals surface area contributed by atoms with Crippen molar-refractivity contribution in [3.8, 4) is 5.75 Å². The Balaban J connectivity index is 1.78. The molecule has 4 aliphatic heterocycles. The molecule has 0 aromatic heterocycles. The molecule has 3 saturated heterocycles.